The van der Waals surface area contributed by atoms with Crippen molar-refractivity contribution in [1.29, 1.82) is 0 Å². The third kappa shape index (κ3) is 4.18. The molecular weight excluding hydrogens is 502 g/mol. The second-order valence-electron chi connectivity index (χ2n) is 8.15. The van der Waals surface area contributed by atoms with Crippen LogP contribution in [-0.4, -0.2) is 15.7 Å². The topological polar surface area (TPSA) is 41.4 Å². The first-order valence-electron chi connectivity index (χ1n) is 10.9. The van der Waals surface area contributed by atoms with Crippen molar-refractivity contribution >= 4 is 57.1 Å². The number of hydrogen-bond acceptors (Lipinski definition) is 5. The highest BCUT2D eigenvalue weighted by molar-refractivity contribution is 7.12. The van der Waals surface area contributed by atoms with E-state index in [-0.39, 0.29) is 11.9 Å². The first-order valence-corrected chi connectivity index (χ1v) is 12.6. The Balaban J connectivity index is 1.55. The van der Waals surface area contributed by atoms with E-state index in [2.05, 4.69) is 0 Å². The van der Waals surface area contributed by atoms with Gasteiger partial charge in [0.05, 0.1) is 27.8 Å². The molecule has 0 aliphatic carbocycles. The molecule has 0 amide bonds. The summed E-state index contributed by atoms with van der Waals surface area (Å²) in [6.07, 6.45) is 0.592. The molecule has 172 valence electrons. The van der Waals surface area contributed by atoms with Crippen LogP contribution in [-0.2, 0) is 0 Å². The van der Waals surface area contributed by atoms with E-state index < -0.39 is 0 Å². The molecule has 6 rings (SSSR count). The predicted molar refractivity (Wildman–Crippen MR) is 142 cm³/mol. The minimum absolute atomic E-state index is 0.284. The lowest BCUT2D eigenvalue weighted by atomic mass is 10.0. The fraction of sp³-hybridized carbons (Fsp3) is 0.0741. The first-order chi connectivity index (χ1) is 17.1. The molecule has 0 spiro atoms. The highest BCUT2D eigenvalue weighted by Crippen LogP contribution is 2.40. The molecule has 0 saturated carbocycles. The van der Waals surface area contributed by atoms with Crippen LogP contribution in [0.2, 0.25) is 10.0 Å². The molecule has 1 aliphatic heterocycles. The lowest BCUT2D eigenvalue weighted by molar-refractivity contribution is 0.623. The van der Waals surface area contributed by atoms with Crippen LogP contribution >= 0.6 is 34.5 Å². The van der Waals surface area contributed by atoms with Crippen LogP contribution in [0.5, 0.6) is 0 Å². The van der Waals surface area contributed by atoms with Crippen molar-refractivity contribution in [3.05, 3.63) is 111 Å². The van der Waals surface area contributed by atoms with Crippen molar-refractivity contribution in [2.45, 2.75) is 12.5 Å². The van der Waals surface area contributed by atoms with Crippen molar-refractivity contribution in [1.82, 2.24) is 9.97 Å². The van der Waals surface area contributed by atoms with Gasteiger partial charge in [0.25, 0.3) is 0 Å². The zero-order valence-electron chi connectivity index (χ0n) is 18.2. The Bertz CT molecular complexity index is 1570. The molecule has 2 aromatic heterocycles. The molecule has 4 nitrogen and oxygen atoms in total. The summed E-state index contributed by atoms with van der Waals surface area (Å²) in [5.74, 6) is 0.0588. The molecule has 3 aromatic carbocycles. The number of aromatic nitrogens is 2. The summed E-state index contributed by atoms with van der Waals surface area (Å²) in [4.78, 5) is 10.9. The van der Waals surface area contributed by atoms with E-state index in [4.69, 9.17) is 38.3 Å². The molecule has 3 heterocycles. The molecule has 0 fully saturated rings. The Hall–Kier alpha value is -3.32. The molecule has 0 unspecified atom stereocenters. The Kier molecular flexibility index (Phi) is 5.72. The van der Waals surface area contributed by atoms with Gasteiger partial charge in [-0.25, -0.2) is 19.4 Å². The van der Waals surface area contributed by atoms with E-state index in [9.17, 15) is 4.39 Å². The first kappa shape index (κ1) is 22.2. The number of hydrazone groups is 1. The minimum Gasteiger partial charge on any atom is -0.223 e. The van der Waals surface area contributed by atoms with Crippen molar-refractivity contribution in [3.8, 4) is 11.3 Å². The lowest BCUT2D eigenvalue weighted by Crippen LogP contribution is -2.21. The van der Waals surface area contributed by atoms with Crippen molar-refractivity contribution in [2.24, 2.45) is 5.10 Å². The molecule has 1 atom stereocenters. The highest BCUT2D eigenvalue weighted by Gasteiger charge is 2.34. The Morgan fingerprint density at radius 2 is 1.77 bits per heavy atom. The zero-order chi connectivity index (χ0) is 23.9. The summed E-state index contributed by atoms with van der Waals surface area (Å²) in [6.45, 7) is 0. The number of hydrogen-bond donors (Lipinski definition) is 0. The monoisotopic (exact) mass is 518 g/mol. The smallest absolute Gasteiger partial charge is 0.223 e. The van der Waals surface area contributed by atoms with Gasteiger partial charge in [0.2, 0.25) is 5.95 Å². The third-order valence-corrected chi connectivity index (χ3v) is 7.42. The number of thiophene rings is 1. The maximum absolute atomic E-state index is 13.8. The van der Waals surface area contributed by atoms with Crippen LogP contribution in [0.25, 0.3) is 22.2 Å². The number of halogens is 3. The van der Waals surface area contributed by atoms with Crippen LogP contribution < -0.4 is 5.01 Å². The molecule has 0 radical (unpaired) electrons. The number of rotatable bonds is 4. The summed E-state index contributed by atoms with van der Waals surface area (Å²) in [5, 5.41) is 10.6. The average Bonchev–Trinajstić information content (AvgIpc) is 3.54. The third-order valence-electron chi connectivity index (χ3n) is 5.94. The summed E-state index contributed by atoms with van der Waals surface area (Å²) < 4.78 is 13.8. The van der Waals surface area contributed by atoms with E-state index in [1.165, 1.54) is 12.1 Å². The van der Waals surface area contributed by atoms with E-state index >= 15 is 0 Å². The maximum Gasteiger partial charge on any atom is 0.247 e. The largest absolute Gasteiger partial charge is 0.247 e. The van der Waals surface area contributed by atoms with E-state index in [0.717, 1.165) is 38.3 Å². The van der Waals surface area contributed by atoms with Gasteiger partial charge in [-0.05, 0) is 47.3 Å². The summed E-state index contributed by atoms with van der Waals surface area (Å²) in [5.41, 5.74) is 4.14. The van der Waals surface area contributed by atoms with E-state index in [1.807, 2.05) is 66.0 Å². The van der Waals surface area contributed by atoms with Gasteiger partial charge < -0.3 is 0 Å². The number of benzene rings is 3. The van der Waals surface area contributed by atoms with Crippen LogP contribution in [0.4, 0.5) is 10.3 Å². The number of anilines is 1. The van der Waals surface area contributed by atoms with Crippen molar-refractivity contribution < 1.29 is 4.39 Å². The standard InChI is InChI=1S/C27H17Cl2FN4S/c28-17-8-11-22-20(13-17)26(16-5-2-1-3-6-16)32-27(31-22)34-24(19-10-9-18(30)14-21(19)29)15-23(33-34)25-7-4-12-35-25/h1-14,24H,15H2/t24-/m1/s1. The molecule has 35 heavy (non-hydrogen) atoms. The predicted octanol–water partition coefficient (Wildman–Crippen LogP) is 8.16. The molecule has 5 aromatic rings. The normalized spacial score (nSPS) is 15.6. The molecular formula is C27H17Cl2FN4S. The lowest BCUT2D eigenvalue weighted by Gasteiger charge is -2.24. The fourth-order valence-corrected chi connectivity index (χ4v) is 5.49. The highest BCUT2D eigenvalue weighted by atomic mass is 35.5. The number of fused-ring (bicyclic) bond motifs is 1. The quantitative estimate of drug-likeness (QED) is 0.241. The van der Waals surface area contributed by atoms with Crippen molar-refractivity contribution in [3.63, 3.8) is 0 Å². The summed E-state index contributed by atoms with van der Waals surface area (Å²) in [7, 11) is 0. The van der Waals surface area contributed by atoms with Gasteiger partial charge in [0, 0.05) is 27.4 Å². The average molecular weight is 519 g/mol. The van der Waals surface area contributed by atoms with Gasteiger partial charge in [-0.3, -0.25) is 0 Å². The molecule has 0 saturated heterocycles. The van der Waals surface area contributed by atoms with Gasteiger partial charge >= 0.3 is 0 Å². The molecule has 0 bridgehead atoms. The number of nitrogens with zero attached hydrogens (tertiary/aromatic N) is 4. The Labute approximate surface area is 215 Å². The zero-order valence-corrected chi connectivity index (χ0v) is 20.5. The van der Waals surface area contributed by atoms with Gasteiger partial charge in [-0.15, -0.1) is 11.3 Å². The Morgan fingerprint density at radius 3 is 2.54 bits per heavy atom. The van der Waals surface area contributed by atoms with Crippen molar-refractivity contribution in [2.75, 3.05) is 5.01 Å². The van der Waals surface area contributed by atoms with Crippen LogP contribution in [0.3, 0.4) is 0 Å². The molecule has 0 N–H and O–H groups in total. The van der Waals surface area contributed by atoms with Crippen LogP contribution in [0.15, 0.2) is 89.3 Å². The summed E-state index contributed by atoms with van der Waals surface area (Å²) in [6, 6.07) is 23.7. The maximum atomic E-state index is 13.8. The Morgan fingerprint density at radius 1 is 0.914 bits per heavy atom. The fourth-order valence-electron chi connectivity index (χ4n) is 4.31. The van der Waals surface area contributed by atoms with Gasteiger partial charge in [-0.2, -0.15) is 5.10 Å². The van der Waals surface area contributed by atoms with E-state index in [1.54, 1.807) is 22.4 Å². The van der Waals surface area contributed by atoms with Gasteiger partial charge in [0.1, 0.15) is 5.82 Å². The summed E-state index contributed by atoms with van der Waals surface area (Å²) >= 11 is 14.4. The van der Waals surface area contributed by atoms with E-state index in [0.29, 0.717) is 22.4 Å². The van der Waals surface area contributed by atoms with Crippen LogP contribution in [0, 0.1) is 5.82 Å². The minimum atomic E-state index is -0.382. The molecule has 1 aliphatic rings. The second kappa shape index (κ2) is 9.04. The van der Waals surface area contributed by atoms with Gasteiger partial charge in [0.15, 0.2) is 0 Å². The SMILES string of the molecule is Fc1ccc([C@H]2CC(c3cccs3)=NN2c2nc(-c3ccccc3)c3cc(Cl)ccc3n2)c(Cl)c1. The van der Waals surface area contributed by atoms with Crippen LogP contribution in [0.1, 0.15) is 22.9 Å². The van der Waals surface area contributed by atoms with Gasteiger partial charge in [-0.1, -0.05) is 65.7 Å². The molecule has 8 heteroatoms. The second-order valence-corrected chi connectivity index (χ2v) is 9.95.